The van der Waals surface area contributed by atoms with Crippen molar-refractivity contribution in [2.75, 3.05) is 7.11 Å². The Morgan fingerprint density at radius 1 is 1.24 bits per heavy atom. The molecule has 1 aromatic carbocycles. The molecule has 0 fully saturated rings. The van der Waals surface area contributed by atoms with Gasteiger partial charge in [-0.25, -0.2) is 4.98 Å². The van der Waals surface area contributed by atoms with E-state index in [-0.39, 0.29) is 5.38 Å². The Morgan fingerprint density at radius 3 is 2.71 bits per heavy atom. The van der Waals surface area contributed by atoms with Crippen LogP contribution in [0.1, 0.15) is 23.6 Å². The van der Waals surface area contributed by atoms with Crippen LogP contribution in [0.15, 0.2) is 42.6 Å². The summed E-state index contributed by atoms with van der Waals surface area (Å²) in [5.74, 6) is 0.878. The number of pyridine rings is 1. The zero-order valence-electron chi connectivity index (χ0n) is 12.3. The third kappa shape index (κ3) is 2.38. The molecule has 3 nitrogen and oxygen atoms in total. The van der Waals surface area contributed by atoms with E-state index in [0.29, 0.717) is 0 Å². The summed E-state index contributed by atoms with van der Waals surface area (Å²) < 4.78 is 7.37. The van der Waals surface area contributed by atoms with Crippen LogP contribution in [-0.2, 0) is 0 Å². The molecule has 4 heteroatoms. The zero-order chi connectivity index (χ0) is 15.0. The first-order valence-corrected chi connectivity index (χ1v) is 7.31. The maximum absolute atomic E-state index is 6.39. The van der Waals surface area contributed by atoms with Crippen molar-refractivity contribution in [3.63, 3.8) is 0 Å². The molecule has 0 radical (unpaired) electrons. The zero-order valence-corrected chi connectivity index (χ0v) is 13.1. The van der Waals surface area contributed by atoms with Gasteiger partial charge in [0.1, 0.15) is 11.4 Å². The van der Waals surface area contributed by atoms with Crippen molar-refractivity contribution in [3.05, 3.63) is 53.9 Å². The van der Waals surface area contributed by atoms with Gasteiger partial charge in [0.05, 0.1) is 23.9 Å². The summed E-state index contributed by atoms with van der Waals surface area (Å²) in [5.41, 5.74) is 4.98. The van der Waals surface area contributed by atoms with Crippen LogP contribution in [-0.4, -0.2) is 16.5 Å². The van der Waals surface area contributed by atoms with Crippen molar-refractivity contribution in [3.8, 4) is 17.0 Å². The maximum atomic E-state index is 6.39. The van der Waals surface area contributed by atoms with Crippen LogP contribution in [0.2, 0.25) is 0 Å². The molecular weight excluding hydrogens is 284 g/mol. The Morgan fingerprint density at radius 2 is 2.05 bits per heavy atom. The van der Waals surface area contributed by atoms with Crippen molar-refractivity contribution in [1.29, 1.82) is 0 Å². The minimum Gasteiger partial charge on any atom is -0.496 e. The molecule has 0 aliphatic heterocycles. The second-order valence-corrected chi connectivity index (χ2v) is 5.73. The SMILES string of the molecule is COc1ccc(-c2nc3ccccn3c2C(C)Cl)cc1C. The van der Waals surface area contributed by atoms with E-state index in [9.17, 15) is 0 Å². The second kappa shape index (κ2) is 5.41. The highest BCUT2D eigenvalue weighted by Crippen LogP contribution is 2.33. The van der Waals surface area contributed by atoms with E-state index in [0.717, 1.165) is 33.9 Å². The Kier molecular flexibility index (Phi) is 3.60. The maximum Gasteiger partial charge on any atom is 0.137 e. The Hall–Kier alpha value is -2.00. The highest BCUT2D eigenvalue weighted by Gasteiger charge is 2.18. The summed E-state index contributed by atoms with van der Waals surface area (Å²) in [5, 5.41) is -0.125. The van der Waals surface area contributed by atoms with Gasteiger partial charge in [-0.05, 0) is 49.7 Å². The van der Waals surface area contributed by atoms with Crippen molar-refractivity contribution in [1.82, 2.24) is 9.38 Å². The fraction of sp³-hybridized carbons (Fsp3) is 0.235. The van der Waals surface area contributed by atoms with E-state index in [1.54, 1.807) is 7.11 Å². The summed E-state index contributed by atoms with van der Waals surface area (Å²) >= 11 is 6.39. The molecule has 0 spiro atoms. The quantitative estimate of drug-likeness (QED) is 0.660. The second-order valence-electron chi connectivity index (χ2n) is 5.07. The van der Waals surface area contributed by atoms with Gasteiger partial charge in [-0.15, -0.1) is 11.6 Å². The molecule has 0 saturated heterocycles. The summed E-state index contributed by atoms with van der Waals surface area (Å²) in [6.07, 6.45) is 2.00. The number of aromatic nitrogens is 2. The van der Waals surface area contributed by atoms with Crippen LogP contribution < -0.4 is 4.74 Å². The van der Waals surface area contributed by atoms with Crippen LogP contribution in [0.4, 0.5) is 0 Å². The number of benzene rings is 1. The van der Waals surface area contributed by atoms with Gasteiger partial charge in [-0.2, -0.15) is 0 Å². The number of hydrogen-bond acceptors (Lipinski definition) is 2. The van der Waals surface area contributed by atoms with Crippen LogP contribution in [0.3, 0.4) is 0 Å². The standard InChI is InChI=1S/C17H17ClN2O/c1-11-10-13(7-8-14(11)21-3)16-17(12(2)18)20-9-5-4-6-15(20)19-16/h4-10,12H,1-3H3. The first-order valence-electron chi connectivity index (χ1n) is 6.88. The highest BCUT2D eigenvalue weighted by atomic mass is 35.5. The lowest BCUT2D eigenvalue weighted by Crippen LogP contribution is -1.95. The van der Waals surface area contributed by atoms with Gasteiger partial charge < -0.3 is 9.14 Å². The number of fused-ring (bicyclic) bond motifs is 1. The van der Waals surface area contributed by atoms with Gasteiger partial charge in [-0.3, -0.25) is 0 Å². The largest absolute Gasteiger partial charge is 0.496 e. The molecule has 0 N–H and O–H groups in total. The number of rotatable bonds is 3. The number of nitrogens with zero attached hydrogens (tertiary/aromatic N) is 2. The van der Waals surface area contributed by atoms with E-state index in [4.69, 9.17) is 21.3 Å². The molecule has 0 aliphatic rings. The summed E-state index contributed by atoms with van der Waals surface area (Å²) in [4.78, 5) is 4.74. The summed E-state index contributed by atoms with van der Waals surface area (Å²) in [6.45, 7) is 4.00. The summed E-state index contributed by atoms with van der Waals surface area (Å²) in [7, 11) is 1.68. The molecular formula is C17H17ClN2O. The van der Waals surface area contributed by atoms with E-state index in [1.807, 2.05) is 54.8 Å². The van der Waals surface area contributed by atoms with Crippen LogP contribution in [0.25, 0.3) is 16.9 Å². The van der Waals surface area contributed by atoms with Crippen molar-refractivity contribution < 1.29 is 4.74 Å². The molecule has 1 unspecified atom stereocenters. The van der Waals surface area contributed by atoms with Crippen molar-refractivity contribution in [2.45, 2.75) is 19.2 Å². The molecule has 3 rings (SSSR count). The van der Waals surface area contributed by atoms with Gasteiger partial charge in [-0.1, -0.05) is 6.07 Å². The molecule has 0 bridgehead atoms. The van der Waals surface area contributed by atoms with Gasteiger partial charge >= 0.3 is 0 Å². The average molecular weight is 301 g/mol. The molecule has 0 saturated carbocycles. The number of methoxy groups -OCH3 is 1. The van der Waals surface area contributed by atoms with Crippen molar-refractivity contribution in [2.24, 2.45) is 0 Å². The fourth-order valence-corrected chi connectivity index (χ4v) is 2.84. The minimum absolute atomic E-state index is 0.125. The molecule has 3 aromatic rings. The van der Waals surface area contributed by atoms with Gasteiger partial charge in [0.25, 0.3) is 0 Å². The Bertz CT molecular complexity index is 793. The van der Waals surface area contributed by atoms with Gasteiger partial charge in [0.2, 0.25) is 0 Å². The normalized spacial score (nSPS) is 12.6. The van der Waals surface area contributed by atoms with Crippen LogP contribution in [0.5, 0.6) is 5.75 Å². The molecule has 108 valence electrons. The first-order chi connectivity index (χ1) is 10.1. The predicted molar refractivity (Wildman–Crippen MR) is 86.2 cm³/mol. The molecule has 1 atom stereocenters. The smallest absolute Gasteiger partial charge is 0.137 e. The van der Waals surface area contributed by atoms with Crippen LogP contribution in [0, 0.1) is 6.92 Å². The molecule has 0 aliphatic carbocycles. The minimum atomic E-state index is -0.125. The third-order valence-corrected chi connectivity index (χ3v) is 3.82. The van der Waals surface area contributed by atoms with E-state index < -0.39 is 0 Å². The third-order valence-electron chi connectivity index (χ3n) is 3.61. The lowest BCUT2D eigenvalue weighted by molar-refractivity contribution is 0.412. The first kappa shape index (κ1) is 14.0. The van der Waals surface area contributed by atoms with E-state index in [2.05, 4.69) is 6.07 Å². The topological polar surface area (TPSA) is 26.5 Å². The fourth-order valence-electron chi connectivity index (χ4n) is 2.63. The Labute approximate surface area is 129 Å². The summed E-state index contributed by atoms with van der Waals surface area (Å²) in [6, 6.07) is 12.0. The van der Waals surface area contributed by atoms with E-state index in [1.165, 1.54) is 0 Å². The number of alkyl halides is 1. The molecule has 0 amide bonds. The van der Waals surface area contributed by atoms with Gasteiger partial charge in [0.15, 0.2) is 0 Å². The highest BCUT2D eigenvalue weighted by molar-refractivity contribution is 6.20. The molecule has 2 heterocycles. The van der Waals surface area contributed by atoms with Crippen molar-refractivity contribution >= 4 is 17.2 Å². The Balaban J connectivity index is 2.24. The van der Waals surface area contributed by atoms with E-state index >= 15 is 0 Å². The van der Waals surface area contributed by atoms with Gasteiger partial charge in [0, 0.05) is 11.8 Å². The average Bonchev–Trinajstić information content (AvgIpc) is 2.86. The monoisotopic (exact) mass is 300 g/mol. The number of ether oxygens (including phenoxy) is 1. The predicted octanol–water partition coefficient (Wildman–Crippen LogP) is 4.62. The number of halogens is 1. The number of aryl methyl sites for hydroxylation is 1. The number of imidazole rings is 1. The lowest BCUT2D eigenvalue weighted by atomic mass is 10.1. The molecule has 21 heavy (non-hydrogen) atoms. The molecule has 2 aromatic heterocycles. The van der Waals surface area contributed by atoms with Crippen LogP contribution >= 0.6 is 11.6 Å². The lowest BCUT2D eigenvalue weighted by Gasteiger charge is -2.09. The number of hydrogen-bond donors (Lipinski definition) is 0.